The molecule has 0 aliphatic rings. The van der Waals surface area contributed by atoms with E-state index in [4.69, 9.17) is 9.47 Å². The van der Waals surface area contributed by atoms with E-state index in [1.54, 1.807) is 7.11 Å². The quantitative estimate of drug-likeness (QED) is 0.743. The van der Waals surface area contributed by atoms with Gasteiger partial charge in [-0.1, -0.05) is 26.0 Å². The Hall–Kier alpha value is -1.26. The highest BCUT2D eigenvalue weighted by Crippen LogP contribution is 2.31. The Bertz CT molecular complexity index is 355. The van der Waals surface area contributed by atoms with Crippen molar-refractivity contribution in [3.8, 4) is 11.5 Å². The zero-order valence-electron chi connectivity index (χ0n) is 11.4. The summed E-state index contributed by atoms with van der Waals surface area (Å²) in [4.78, 5) is 0. The van der Waals surface area contributed by atoms with E-state index in [2.05, 4.69) is 12.2 Å². The van der Waals surface area contributed by atoms with Crippen LogP contribution in [-0.2, 0) is 6.54 Å². The molecule has 1 aromatic carbocycles. The van der Waals surface area contributed by atoms with Crippen LogP contribution >= 0.6 is 0 Å². The molecule has 4 heteroatoms. The molecule has 0 aliphatic heterocycles. The lowest BCUT2D eigenvalue weighted by atomic mass is 10.2. The third-order valence-electron chi connectivity index (χ3n) is 2.74. The van der Waals surface area contributed by atoms with E-state index in [0.717, 1.165) is 18.7 Å². The summed E-state index contributed by atoms with van der Waals surface area (Å²) in [7, 11) is 1.62. The maximum Gasteiger partial charge on any atom is 0.165 e. The zero-order chi connectivity index (χ0) is 13.4. The number of rotatable bonds is 8. The summed E-state index contributed by atoms with van der Waals surface area (Å²) < 4.78 is 11.0. The lowest BCUT2D eigenvalue weighted by molar-refractivity contribution is 0.102. The van der Waals surface area contributed by atoms with E-state index in [1.165, 1.54) is 0 Å². The van der Waals surface area contributed by atoms with Gasteiger partial charge in [-0.25, -0.2) is 0 Å². The molecule has 0 radical (unpaired) electrons. The molecule has 0 spiro atoms. The summed E-state index contributed by atoms with van der Waals surface area (Å²) in [5.41, 5.74) is 1.04. The predicted molar refractivity (Wildman–Crippen MR) is 72.2 cm³/mol. The van der Waals surface area contributed by atoms with Crippen LogP contribution in [0.5, 0.6) is 11.5 Å². The number of ether oxygens (including phenoxy) is 2. The molecule has 0 bridgehead atoms. The summed E-state index contributed by atoms with van der Waals surface area (Å²) in [5.74, 6) is 1.42. The Morgan fingerprint density at radius 1 is 1.33 bits per heavy atom. The first-order chi connectivity index (χ1) is 8.72. The van der Waals surface area contributed by atoms with E-state index < -0.39 is 6.10 Å². The van der Waals surface area contributed by atoms with Gasteiger partial charge in [0, 0.05) is 12.1 Å². The third kappa shape index (κ3) is 4.20. The molecule has 0 amide bonds. The van der Waals surface area contributed by atoms with Gasteiger partial charge < -0.3 is 19.9 Å². The van der Waals surface area contributed by atoms with Crippen LogP contribution in [0, 0.1) is 0 Å². The molecule has 18 heavy (non-hydrogen) atoms. The average Bonchev–Trinajstić information content (AvgIpc) is 2.42. The van der Waals surface area contributed by atoms with Crippen LogP contribution in [0.4, 0.5) is 0 Å². The molecule has 4 nitrogen and oxygen atoms in total. The van der Waals surface area contributed by atoms with Crippen molar-refractivity contribution in [3.05, 3.63) is 23.8 Å². The number of nitrogens with one attached hydrogen (secondary N) is 1. The Labute approximate surface area is 109 Å². The molecule has 0 heterocycles. The summed E-state index contributed by atoms with van der Waals surface area (Å²) in [6.07, 6.45) is 0.236. The van der Waals surface area contributed by atoms with Crippen molar-refractivity contribution in [1.82, 2.24) is 5.32 Å². The Morgan fingerprint density at radius 3 is 2.72 bits per heavy atom. The lowest BCUT2D eigenvalue weighted by Gasteiger charge is -2.17. The topological polar surface area (TPSA) is 50.7 Å². The largest absolute Gasteiger partial charge is 0.493 e. The Kier molecular flexibility index (Phi) is 6.54. The van der Waals surface area contributed by atoms with Gasteiger partial charge in [-0.05, 0) is 19.0 Å². The van der Waals surface area contributed by atoms with Gasteiger partial charge >= 0.3 is 0 Å². The van der Waals surface area contributed by atoms with E-state index in [9.17, 15) is 5.11 Å². The smallest absolute Gasteiger partial charge is 0.165 e. The molecule has 0 aliphatic carbocycles. The van der Waals surface area contributed by atoms with E-state index in [-0.39, 0.29) is 6.61 Å². The number of aliphatic hydroxyl groups excluding tert-OH is 1. The van der Waals surface area contributed by atoms with Crippen molar-refractivity contribution < 1.29 is 14.6 Å². The predicted octanol–water partition coefficient (Wildman–Crippen LogP) is 1.95. The maximum atomic E-state index is 9.57. The van der Waals surface area contributed by atoms with Crippen LogP contribution in [0.3, 0.4) is 0 Å². The van der Waals surface area contributed by atoms with E-state index in [1.807, 2.05) is 25.1 Å². The summed E-state index contributed by atoms with van der Waals surface area (Å²) in [5, 5.41) is 12.8. The highest BCUT2D eigenvalue weighted by Gasteiger charge is 2.11. The number of para-hydroxylation sites is 1. The summed E-state index contributed by atoms with van der Waals surface area (Å²) in [6.45, 7) is 5.90. The van der Waals surface area contributed by atoms with Crippen molar-refractivity contribution in [2.75, 3.05) is 20.3 Å². The molecule has 102 valence electrons. The van der Waals surface area contributed by atoms with E-state index in [0.29, 0.717) is 17.9 Å². The minimum absolute atomic E-state index is 0.288. The Balaban J connectivity index is 2.82. The zero-order valence-corrected chi connectivity index (χ0v) is 11.4. The Morgan fingerprint density at radius 2 is 2.11 bits per heavy atom. The molecule has 2 N–H and O–H groups in total. The fraction of sp³-hybridized carbons (Fsp3) is 0.571. The van der Waals surface area contributed by atoms with Crippen LogP contribution in [-0.4, -0.2) is 31.5 Å². The van der Waals surface area contributed by atoms with Crippen molar-refractivity contribution in [2.24, 2.45) is 0 Å². The van der Waals surface area contributed by atoms with Crippen LogP contribution in [0.1, 0.15) is 25.8 Å². The van der Waals surface area contributed by atoms with Crippen molar-refractivity contribution >= 4 is 0 Å². The van der Waals surface area contributed by atoms with Gasteiger partial charge in [-0.2, -0.15) is 0 Å². The molecular formula is C14H23NO3. The SMILES string of the molecule is CCNCc1cccc(OC)c1OCC(O)CC. The highest BCUT2D eigenvalue weighted by atomic mass is 16.5. The highest BCUT2D eigenvalue weighted by molar-refractivity contribution is 5.46. The van der Waals surface area contributed by atoms with Gasteiger partial charge in [0.15, 0.2) is 11.5 Å². The summed E-state index contributed by atoms with van der Waals surface area (Å²) >= 11 is 0. The molecule has 0 saturated heterocycles. The van der Waals surface area contributed by atoms with Crippen LogP contribution in [0.2, 0.25) is 0 Å². The first-order valence-corrected chi connectivity index (χ1v) is 6.40. The third-order valence-corrected chi connectivity index (χ3v) is 2.74. The standard InChI is InChI=1S/C14H23NO3/c1-4-12(16)10-18-14-11(9-15-5-2)7-6-8-13(14)17-3/h6-8,12,15-16H,4-5,9-10H2,1-3H3. The second-order valence-electron chi connectivity index (χ2n) is 4.10. The number of benzene rings is 1. The van der Waals surface area contributed by atoms with Gasteiger partial charge in [-0.3, -0.25) is 0 Å². The van der Waals surface area contributed by atoms with Crippen LogP contribution in [0.15, 0.2) is 18.2 Å². The second kappa shape index (κ2) is 7.95. The van der Waals surface area contributed by atoms with E-state index >= 15 is 0 Å². The average molecular weight is 253 g/mol. The molecule has 1 atom stereocenters. The molecular weight excluding hydrogens is 230 g/mol. The summed E-state index contributed by atoms with van der Waals surface area (Å²) in [6, 6.07) is 5.80. The lowest BCUT2D eigenvalue weighted by Crippen LogP contribution is -2.18. The van der Waals surface area contributed by atoms with Gasteiger partial charge in [0.2, 0.25) is 0 Å². The number of hydrogen-bond donors (Lipinski definition) is 2. The van der Waals surface area contributed by atoms with Gasteiger partial charge in [0.1, 0.15) is 6.61 Å². The minimum atomic E-state index is -0.443. The number of methoxy groups -OCH3 is 1. The number of hydrogen-bond acceptors (Lipinski definition) is 4. The first-order valence-electron chi connectivity index (χ1n) is 6.40. The normalized spacial score (nSPS) is 12.2. The molecule has 0 saturated carbocycles. The fourth-order valence-corrected chi connectivity index (χ4v) is 1.58. The van der Waals surface area contributed by atoms with Crippen molar-refractivity contribution in [1.29, 1.82) is 0 Å². The molecule has 1 unspecified atom stereocenters. The molecule has 0 aromatic heterocycles. The number of aliphatic hydroxyl groups is 1. The van der Waals surface area contributed by atoms with Gasteiger partial charge in [0.25, 0.3) is 0 Å². The van der Waals surface area contributed by atoms with Crippen molar-refractivity contribution in [3.63, 3.8) is 0 Å². The molecule has 1 rings (SSSR count). The molecule has 0 fully saturated rings. The maximum absolute atomic E-state index is 9.57. The first kappa shape index (κ1) is 14.8. The second-order valence-corrected chi connectivity index (χ2v) is 4.10. The van der Waals surface area contributed by atoms with Gasteiger partial charge in [-0.15, -0.1) is 0 Å². The van der Waals surface area contributed by atoms with Crippen LogP contribution < -0.4 is 14.8 Å². The monoisotopic (exact) mass is 253 g/mol. The minimum Gasteiger partial charge on any atom is -0.493 e. The molecule has 1 aromatic rings. The van der Waals surface area contributed by atoms with Crippen molar-refractivity contribution in [2.45, 2.75) is 32.9 Å². The van der Waals surface area contributed by atoms with Gasteiger partial charge in [0.05, 0.1) is 13.2 Å². The van der Waals surface area contributed by atoms with Crippen LogP contribution in [0.25, 0.3) is 0 Å². The fourth-order valence-electron chi connectivity index (χ4n) is 1.58.